The van der Waals surface area contributed by atoms with Gasteiger partial charge in [-0.3, -0.25) is 0 Å². The van der Waals surface area contributed by atoms with Gasteiger partial charge in [0.2, 0.25) is 0 Å². The van der Waals surface area contributed by atoms with Crippen molar-refractivity contribution in [2.75, 3.05) is 7.05 Å². The number of carbonyl (C=O) groups is 1. The van der Waals surface area contributed by atoms with Gasteiger partial charge in [-0.2, -0.15) is 0 Å². The molecule has 2 aliphatic carbocycles. The summed E-state index contributed by atoms with van der Waals surface area (Å²) in [5.74, 6) is 0. The van der Waals surface area contributed by atoms with Crippen LogP contribution in [-0.4, -0.2) is 29.8 Å². The molecule has 0 heterocycles. The van der Waals surface area contributed by atoms with Gasteiger partial charge in [-0.1, -0.05) is 12.8 Å². The van der Waals surface area contributed by atoms with E-state index in [0.29, 0.717) is 0 Å². The number of nitrogens with one attached hydrogen (secondary N) is 2. The van der Waals surface area contributed by atoms with Crippen molar-refractivity contribution in [3.05, 3.63) is 0 Å². The van der Waals surface area contributed by atoms with Crippen molar-refractivity contribution in [1.82, 2.24) is 10.6 Å². The highest BCUT2D eigenvalue weighted by atomic mass is 16.6. The molecule has 0 aromatic carbocycles. The Morgan fingerprint density at radius 2 is 1.61 bits per heavy atom. The Kier molecular flexibility index (Phi) is 3.34. The Morgan fingerprint density at radius 1 is 1.06 bits per heavy atom. The summed E-state index contributed by atoms with van der Waals surface area (Å²) in [5, 5.41) is 6.61. The fourth-order valence-corrected chi connectivity index (χ4v) is 3.29. The van der Waals surface area contributed by atoms with Crippen molar-refractivity contribution < 1.29 is 9.53 Å². The smallest absolute Gasteiger partial charge is 0.408 e. The maximum absolute atomic E-state index is 12.0. The highest BCUT2D eigenvalue weighted by Crippen LogP contribution is 2.51. The van der Waals surface area contributed by atoms with Crippen molar-refractivity contribution >= 4 is 6.09 Å². The Labute approximate surface area is 110 Å². The fourth-order valence-electron chi connectivity index (χ4n) is 3.29. The van der Waals surface area contributed by atoms with Gasteiger partial charge in [0.15, 0.2) is 0 Å². The molecule has 104 valence electrons. The van der Waals surface area contributed by atoms with E-state index in [0.717, 1.165) is 25.7 Å². The minimum absolute atomic E-state index is 0.0932. The summed E-state index contributed by atoms with van der Waals surface area (Å²) in [4.78, 5) is 12.0. The lowest BCUT2D eigenvalue weighted by Crippen LogP contribution is -2.61. The molecule has 0 bridgehead atoms. The third-order valence-electron chi connectivity index (χ3n) is 4.34. The number of hydrogen-bond acceptors (Lipinski definition) is 3. The van der Waals surface area contributed by atoms with E-state index in [2.05, 4.69) is 10.6 Å². The van der Waals surface area contributed by atoms with Crippen LogP contribution < -0.4 is 10.6 Å². The van der Waals surface area contributed by atoms with Crippen LogP contribution in [0.3, 0.4) is 0 Å². The van der Waals surface area contributed by atoms with Crippen LogP contribution in [0, 0.1) is 0 Å². The fraction of sp³-hybridized carbons (Fsp3) is 0.929. The van der Waals surface area contributed by atoms with Gasteiger partial charge in [-0.05, 0) is 53.5 Å². The first kappa shape index (κ1) is 13.7. The SMILES string of the molecule is CNC1(C2(NC(=O)OC(C)(C)C)CCCC2)CC1. The van der Waals surface area contributed by atoms with E-state index >= 15 is 0 Å². The molecule has 2 rings (SSSR count). The molecule has 2 N–H and O–H groups in total. The molecular formula is C14H26N2O2. The van der Waals surface area contributed by atoms with Crippen molar-refractivity contribution in [2.45, 2.75) is 76.0 Å². The second kappa shape index (κ2) is 4.41. The van der Waals surface area contributed by atoms with Gasteiger partial charge >= 0.3 is 6.09 Å². The summed E-state index contributed by atoms with van der Waals surface area (Å²) >= 11 is 0. The highest BCUT2D eigenvalue weighted by molar-refractivity contribution is 5.69. The molecule has 0 spiro atoms. The highest BCUT2D eigenvalue weighted by Gasteiger charge is 2.60. The van der Waals surface area contributed by atoms with Crippen LogP contribution in [0.25, 0.3) is 0 Å². The predicted octanol–water partition coefficient (Wildman–Crippen LogP) is 2.58. The van der Waals surface area contributed by atoms with Crippen LogP contribution in [0.15, 0.2) is 0 Å². The third kappa shape index (κ3) is 2.48. The van der Waals surface area contributed by atoms with E-state index in [-0.39, 0.29) is 17.2 Å². The Hall–Kier alpha value is -0.770. The number of amides is 1. The van der Waals surface area contributed by atoms with E-state index in [1.54, 1.807) is 0 Å². The van der Waals surface area contributed by atoms with Gasteiger partial charge in [-0.15, -0.1) is 0 Å². The van der Waals surface area contributed by atoms with Crippen molar-refractivity contribution in [2.24, 2.45) is 0 Å². The van der Waals surface area contributed by atoms with Crippen LogP contribution in [0.2, 0.25) is 0 Å². The van der Waals surface area contributed by atoms with Gasteiger partial charge in [0.1, 0.15) is 5.60 Å². The first-order chi connectivity index (χ1) is 8.33. The summed E-state index contributed by atoms with van der Waals surface area (Å²) in [5.41, 5.74) is -0.412. The van der Waals surface area contributed by atoms with Crippen LogP contribution in [0.1, 0.15) is 59.3 Å². The van der Waals surface area contributed by atoms with Gasteiger partial charge in [0, 0.05) is 5.54 Å². The maximum atomic E-state index is 12.0. The lowest BCUT2D eigenvalue weighted by molar-refractivity contribution is 0.0418. The van der Waals surface area contributed by atoms with Crippen LogP contribution in [-0.2, 0) is 4.74 Å². The molecule has 0 atom stereocenters. The normalized spacial score (nSPS) is 24.7. The van der Waals surface area contributed by atoms with Crippen molar-refractivity contribution in [3.63, 3.8) is 0 Å². The van der Waals surface area contributed by atoms with Crippen molar-refractivity contribution in [3.8, 4) is 0 Å². The number of likely N-dealkylation sites (N-methyl/N-ethyl adjacent to an activating group) is 1. The number of ether oxygens (including phenoxy) is 1. The molecule has 2 aliphatic rings. The Bertz CT molecular complexity index is 323. The topological polar surface area (TPSA) is 50.4 Å². The molecule has 2 saturated carbocycles. The van der Waals surface area contributed by atoms with E-state index in [4.69, 9.17) is 4.74 Å². The van der Waals surface area contributed by atoms with Gasteiger partial charge in [0.25, 0.3) is 0 Å². The lowest BCUT2D eigenvalue weighted by Gasteiger charge is -2.39. The zero-order chi connectivity index (χ0) is 13.4. The molecule has 2 fully saturated rings. The second-order valence-corrected chi connectivity index (χ2v) is 6.75. The summed E-state index contributed by atoms with van der Waals surface area (Å²) < 4.78 is 5.41. The number of rotatable bonds is 3. The minimum Gasteiger partial charge on any atom is -0.444 e. The van der Waals surface area contributed by atoms with Gasteiger partial charge in [0.05, 0.1) is 5.54 Å². The van der Waals surface area contributed by atoms with Gasteiger partial charge in [-0.25, -0.2) is 4.79 Å². The molecule has 4 nitrogen and oxygen atoms in total. The first-order valence-corrected chi connectivity index (χ1v) is 7.03. The van der Waals surface area contributed by atoms with E-state index in [9.17, 15) is 4.79 Å². The molecule has 0 aliphatic heterocycles. The molecule has 1 amide bonds. The molecule has 0 aromatic heterocycles. The summed E-state index contributed by atoms with van der Waals surface area (Å²) in [6.45, 7) is 5.70. The van der Waals surface area contributed by atoms with Gasteiger partial charge < -0.3 is 15.4 Å². The second-order valence-electron chi connectivity index (χ2n) is 6.75. The lowest BCUT2D eigenvalue weighted by atomic mass is 9.85. The summed E-state index contributed by atoms with van der Waals surface area (Å²) in [7, 11) is 2.00. The molecule has 0 aromatic rings. The predicted molar refractivity (Wildman–Crippen MR) is 71.6 cm³/mol. The summed E-state index contributed by atoms with van der Waals surface area (Å²) in [6, 6.07) is 0. The molecule has 4 heteroatoms. The summed E-state index contributed by atoms with van der Waals surface area (Å²) in [6.07, 6.45) is 6.54. The zero-order valence-electron chi connectivity index (χ0n) is 12.1. The average molecular weight is 254 g/mol. The van der Waals surface area contributed by atoms with Crippen LogP contribution in [0.5, 0.6) is 0 Å². The monoisotopic (exact) mass is 254 g/mol. The maximum Gasteiger partial charge on any atom is 0.408 e. The molecule has 18 heavy (non-hydrogen) atoms. The molecule has 0 radical (unpaired) electrons. The Balaban J connectivity index is 2.06. The molecule has 0 saturated heterocycles. The van der Waals surface area contributed by atoms with E-state index < -0.39 is 5.60 Å². The van der Waals surface area contributed by atoms with Crippen LogP contribution >= 0.6 is 0 Å². The van der Waals surface area contributed by atoms with E-state index in [1.165, 1.54) is 12.8 Å². The molecular weight excluding hydrogens is 228 g/mol. The number of alkyl carbamates (subject to hydrolysis) is 1. The number of hydrogen-bond donors (Lipinski definition) is 2. The quantitative estimate of drug-likeness (QED) is 0.814. The van der Waals surface area contributed by atoms with E-state index in [1.807, 2.05) is 27.8 Å². The van der Waals surface area contributed by atoms with Crippen LogP contribution in [0.4, 0.5) is 4.79 Å². The molecule has 0 unspecified atom stereocenters. The largest absolute Gasteiger partial charge is 0.444 e. The van der Waals surface area contributed by atoms with Crippen molar-refractivity contribution in [1.29, 1.82) is 0 Å². The Morgan fingerprint density at radius 3 is 2.00 bits per heavy atom. The third-order valence-corrected chi connectivity index (χ3v) is 4.34. The average Bonchev–Trinajstić information content (AvgIpc) is 2.92. The minimum atomic E-state index is -0.430. The zero-order valence-corrected chi connectivity index (χ0v) is 12.1. The standard InChI is InChI=1S/C14H26N2O2/c1-12(2,3)18-11(17)16-14(7-5-6-8-14)13(15-4)9-10-13/h15H,5-10H2,1-4H3,(H,16,17). The first-order valence-electron chi connectivity index (χ1n) is 7.03. The number of carbonyl (C=O) groups excluding carboxylic acids is 1.